The zero-order chi connectivity index (χ0) is 15.0. The maximum absolute atomic E-state index is 6.24. The van der Waals surface area contributed by atoms with Crippen molar-refractivity contribution in [3.63, 3.8) is 0 Å². The molecule has 2 heteroatoms. The van der Waals surface area contributed by atoms with Crippen LogP contribution in [0.15, 0.2) is 10.5 Å². The van der Waals surface area contributed by atoms with E-state index >= 15 is 0 Å². The SMILES string of the molecule is Cc1cc(C)c2c(C(C)C)c(CNC(C)C)oc2c1C. The lowest BCUT2D eigenvalue weighted by Gasteiger charge is -2.11. The molecule has 0 aliphatic carbocycles. The average molecular weight is 273 g/mol. The molecule has 1 aromatic heterocycles. The second-order valence-corrected chi connectivity index (χ2v) is 6.47. The van der Waals surface area contributed by atoms with Crippen molar-refractivity contribution < 1.29 is 4.42 Å². The van der Waals surface area contributed by atoms with Gasteiger partial charge in [-0.3, -0.25) is 0 Å². The fourth-order valence-electron chi connectivity index (χ4n) is 2.87. The summed E-state index contributed by atoms with van der Waals surface area (Å²) in [6.45, 7) is 16.1. The van der Waals surface area contributed by atoms with Gasteiger partial charge in [-0.15, -0.1) is 0 Å². The molecular weight excluding hydrogens is 246 g/mol. The molecule has 1 N–H and O–H groups in total. The van der Waals surface area contributed by atoms with Crippen LogP contribution in [0.1, 0.15) is 61.6 Å². The van der Waals surface area contributed by atoms with Crippen LogP contribution in [0.4, 0.5) is 0 Å². The van der Waals surface area contributed by atoms with Gasteiger partial charge in [-0.2, -0.15) is 0 Å². The van der Waals surface area contributed by atoms with Gasteiger partial charge in [0.05, 0.1) is 6.54 Å². The Labute approximate surface area is 122 Å². The average Bonchev–Trinajstić information content (AvgIpc) is 2.73. The van der Waals surface area contributed by atoms with Gasteiger partial charge in [-0.05, 0) is 43.4 Å². The van der Waals surface area contributed by atoms with Crippen LogP contribution in [-0.4, -0.2) is 6.04 Å². The predicted octanol–water partition coefficient (Wildman–Crippen LogP) is 4.98. The van der Waals surface area contributed by atoms with Crippen molar-refractivity contribution in [3.05, 3.63) is 34.1 Å². The summed E-state index contributed by atoms with van der Waals surface area (Å²) in [4.78, 5) is 0. The lowest BCUT2D eigenvalue weighted by molar-refractivity contribution is 0.479. The Morgan fingerprint density at radius 3 is 2.25 bits per heavy atom. The molecule has 0 fully saturated rings. The van der Waals surface area contributed by atoms with E-state index in [1.807, 2.05) is 0 Å². The van der Waals surface area contributed by atoms with Crippen LogP contribution in [0.5, 0.6) is 0 Å². The monoisotopic (exact) mass is 273 g/mol. The summed E-state index contributed by atoms with van der Waals surface area (Å²) in [5.41, 5.74) is 6.34. The number of hydrogen-bond donors (Lipinski definition) is 1. The molecule has 0 spiro atoms. The van der Waals surface area contributed by atoms with Crippen molar-refractivity contribution in [2.45, 2.75) is 67.0 Å². The molecule has 110 valence electrons. The van der Waals surface area contributed by atoms with Crippen molar-refractivity contribution in [2.24, 2.45) is 0 Å². The van der Waals surface area contributed by atoms with E-state index in [4.69, 9.17) is 4.42 Å². The molecular formula is C18H27NO. The summed E-state index contributed by atoms with van der Waals surface area (Å²) < 4.78 is 6.24. The van der Waals surface area contributed by atoms with Crippen LogP contribution in [0.25, 0.3) is 11.0 Å². The van der Waals surface area contributed by atoms with Crippen molar-refractivity contribution >= 4 is 11.0 Å². The summed E-state index contributed by atoms with van der Waals surface area (Å²) >= 11 is 0. The minimum Gasteiger partial charge on any atom is -0.459 e. The second kappa shape index (κ2) is 5.61. The molecule has 2 aromatic rings. The van der Waals surface area contributed by atoms with Gasteiger partial charge in [0.25, 0.3) is 0 Å². The summed E-state index contributed by atoms with van der Waals surface area (Å²) in [6, 6.07) is 2.74. The van der Waals surface area contributed by atoms with E-state index in [1.165, 1.54) is 27.6 Å². The second-order valence-electron chi connectivity index (χ2n) is 6.47. The molecule has 2 rings (SSSR count). The number of nitrogens with one attached hydrogen (secondary N) is 1. The fourth-order valence-corrected chi connectivity index (χ4v) is 2.87. The van der Waals surface area contributed by atoms with Gasteiger partial charge in [-0.25, -0.2) is 0 Å². The quantitative estimate of drug-likeness (QED) is 0.850. The summed E-state index contributed by atoms with van der Waals surface area (Å²) in [6.07, 6.45) is 0. The fraction of sp³-hybridized carbons (Fsp3) is 0.556. The van der Waals surface area contributed by atoms with Gasteiger partial charge in [0, 0.05) is 17.0 Å². The van der Waals surface area contributed by atoms with E-state index in [-0.39, 0.29) is 0 Å². The lowest BCUT2D eigenvalue weighted by atomic mass is 9.93. The first-order valence-corrected chi connectivity index (χ1v) is 7.58. The number of rotatable bonds is 4. The van der Waals surface area contributed by atoms with Gasteiger partial charge in [0.15, 0.2) is 0 Å². The Morgan fingerprint density at radius 1 is 1.05 bits per heavy atom. The van der Waals surface area contributed by atoms with E-state index in [2.05, 4.69) is 59.8 Å². The Bertz CT molecular complexity index is 620. The van der Waals surface area contributed by atoms with Crippen molar-refractivity contribution in [2.75, 3.05) is 0 Å². The number of furan rings is 1. The van der Waals surface area contributed by atoms with E-state index in [1.54, 1.807) is 0 Å². The highest BCUT2D eigenvalue weighted by molar-refractivity contribution is 5.89. The van der Waals surface area contributed by atoms with E-state index in [0.29, 0.717) is 12.0 Å². The van der Waals surface area contributed by atoms with E-state index < -0.39 is 0 Å². The third-order valence-electron chi connectivity index (χ3n) is 4.03. The van der Waals surface area contributed by atoms with Crippen LogP contribution in [0, 0.1) is 20.8 Å². The van der Waals surface area contributed by atoms with Gasteiger partial charge >= 0.3 is 0 Å². The molecule has 0 bridgehead atoms. The Balaban J connectivity index is 2.66. The maximum atomic E-state index is 6.24. The Morgan fingerprint density at radius 2 is 1.70 bits per heavy atom. The molecule has 1 aromatic carbocycles. The number of hydrogen-bond acceptors (Lipinski definition) is 2. The topological polar surface area (TPSA) is 25.2 Å². The normalized spacial score (nSPS) is 12.1. The molecule has 0 aliphatic heterocycles. The molecule has 1 heterocycles. The standard InChI is InChI=1S/C18H27NO/c1-10(2)16-15(9-19-11(3)4)20-18-14(7)12(5)8-13(6)17(16)18/h8,10-11,19H,9H2,1-7H3. The van der Waals surface area contributed by atoms with Crippen molar-refractivity contribution in [1.82, 2.24) is 5.32 Å². The molecule has 0 radical (unpaired) electrons. The highest BCUT2D eigenvalue weighted by Gasteiger charge is 2.20. The third-order valence-corrected chi connectivity index (χ3v) is 4.03. The van der Waals surface area contributed by atoms with Crippen LogP contribution < -0.4 is 5.32 Å². The number of aryl methyl sites for hydroxylation is 3. The molecule has 0 amide bonds. The molecule has 0 atom stereocenters. The largest absolute Gasteiger partial charge is 0.459 e. The Hall–Kier alpha value is -1.28. The van der Waals surface area contributed by atoms with Gasteiger partial charge in [0.1, 0.15) is 11.3 Å². The van der Waals surface area contributed by atoms with Crippen LogP contribution in [0.2, 0.25) is 0 Å². The number of benzene rings is 1. The van der Waals surface area contributed by atoms with Crippen molar-refractivity contribution in [3.8, 4) is 0 Å². The Kier molecular flexibility index (Phi) is 4.24. The predicted molar refractivity (Wildman–Crippen MR) is 86.5 cm³/mol. The molecule has 2 nitrogen and oxygen atoms in total. The van der Waals surface area contributed by atoms with E-state index in [0.717, 1.165) is 17.9 Å². The first kappa shape index (κ1) is 15.1. The summed E-state index contributed by atoms with van der Waals surface area (Å²) in [7, 11) is 0. The van der Waals surface area contributed by atoms with Crippen molar-refractivity contribution in [1.29, 1.82) is 0 Å². The first-order chi connectivity index (χ1) is 9.32. The first-order valence-electron chi connectivity index (χ1n) is 7.58. The third kappa shape index (κ3) is 2.62. The van der Waals surface area contributed by atoms with Crippen LogP contribution in [0.3, 0.4) is 0 Å². The smallest absolute Gasteiger partial charge is 0.138 e. The lowest BCUT2D eigenvalue weighted by Crippen LogP contribution is -2.22. The summed E-state index contributed by atoms with van der Waals surface area (Å²) in [5.74, 6) is 1.57. The van der Waals surface area contributed by atoms with Gasteiger partial charge in [0.2, 0.25) is 0 Å². The molecule has 0 aliphatic rings. The highest BCUT2D eigenvalue weighted by atomic mass is 16.3. The van der Waals surface area contributed by atoms with Crippen LogP contribution >= 0.6 is 0 Å². The minimum absolute atomic E-state index is 0.465. The van der Waals surface area contributed by atoms with E-state index in [9.17, 15) is 0 Å². The van der Waals surface area contributed by atoms with Gasteiger partial charge < -0.3 is 9.73 Å². The van der Waals surface area contributed by atoms with Gasteiger partial charge in [-0.1, -0.05) is 33.8 Å². The zero-order valence-corrected chi connectivity index (χ0v) is 13.8. The molecule has 0 unspecified atom stereocenters. The minimum atomic E-state index is 0.465. The maximum Gasteiger partial charge on any atom is 0.138 e. The molecule has 0 saturated heterocycles. The highest BCUT2D eigenvalue weighted by Crippen LogP contribution is 2.36. The molecule has 0 saturated carbocycles. The zero-order valence-electron chi connectivity index (χ0n) is 13.8. The molecule has 20 heavy (non-hydrogen) atoms. The van der Waals surface area contributed by atoms with Crippen LogP contribution in [-0.2, 0) is 6.54 Å². The number of fused-ring (bicyclic) bond motifs is 1. The summed E-state index contributed by atoms with van der Waals surface area (Å²) in [5, 5.41) is 4.80.